The zero-order valence-corrected chi connectivity index (χ0v) is 16.6. The van der Waals surface area contributed by atoms with Gasteiger partial charge in [-0.3, -0.25) is 4.79 Å². The number of halogens is 1. The van der Waals surface area contributed by atoms with E-state index in [1.807, 2.05) is 20.8 Å². The highest BCUT2D eigenvalue weighted by Crippen LogP contribution is 2.29. The smallest absolute Gasteiger partial charge is 0.410 e. The molecule has 1 saturated heterocycles. The number of nitrogens with two attached hydrogens (primary N) is 1. The highest BCUT2D eigenvalue weighted by atomic mass is 79.9. The van der Waals surface area contributed by atoms with Crippen molar-refractivity contribution in [1.82, 2.24) is 10.2 Å². The Hall–Kier alpha value is -1.28. The van der Waals surface area contributed by atoms with E-state index < -0.39 is 5.60 Å². The number of thiophene rings is 1. The molecule has 1 atom stereocenters. The Bertz CT molecular complexity index is 612. The molecule has 0 saturated carbocycles. The Morgan fingerprint density at radius 1 is 1.42 bits per heavy atom. The number of carbonyl (C=O) groups excluding carboxylic acids is 2. The summed E-state index contributed by atoms with van der Waals surface area (Å²) >= 11 is 4.64. The second-order valence-corrected chi connectivity index (χ2v) is 9.36. The summed E-state index contributed by atoms with van der Waals surface area (Å²) in [5.74, 6) is -0.195. The molecule has 0 aliphatic carbocycles. The molecule has 0 radical (unpaired) electrons. The Morgan fingerprint density at radius 2 is 2.12 bits per heavy atom. The van der Waals surface area contributed by atoms with Crippen LogP contribution in [0.15, 0.2) is 9.85 Å². The number of hydrogen-bond acceptors (Lipinski definition) is 5. The van der Waals surface area contributed by atoms with Crippen molar-refractivity contribution < 1.29 is 14.3 Å². The molecule has 1 aliphatic heterocycles. The maximum Gasteiger partial charge on any atom is 0.410 e. The monoisotopic (exact) mass is 417 g/mol. The summed E-state index contributed by atoms with van der Waals surface area (Å²) in [6.07, 6.45) is 2.35. The van der Waals surface area contributed by atoms with Gasteiger partial charge in [-0.2, -0.15) is 0 Å². The lowest BCUT2D eigenvalue weighted by molar-refractivity contribution is 0.0242. The van der Waals surface area contributed by atoms with Crippen LogP contribution in [0.25, 0.3) is 0 Å². The van der Waals surface area contributed by atoms with Crippen molar-refractivity contribution in [2.75, 3.05) is 18.8 Å². The number of amides is 2. The van der Waals surface area contributed by atoms with Gasteiger partial charge in [-0.1, -0.05) is 0 Å². The van der Waals surface area contributed by atoms with Gasteiger partial charge in [0.05, 0.1) is 9.47 Å². The van der Waals surface area contributed by atoms with Crippen LogP contribution in [0.2, 0.25) is 0 Å². The van der Waals surface area contributed by atoms with Crippen LogP contribution in [-0.2, 0) is 4.74 Å². The van der Waals surface area contributed by atoms with Crippen LogP contribution >= 0.6 is 27.3 Å². The zero-order chi connectivity index (χ0) is 17.9. The highest BCUT2D eigenvalue weighted by molar-refractivity contribution is 9.11. The molecule has 1 aromatic rings. The predicted molar refractivity (Wildman–Crippen MR) is 99.3 cm³/mol. The molecule has 1 aliphatic rings. The number of rotatable bonds is 2. The second-order valence-electron chi connectivity index (χ2n) is 6.93. The first-order valence-electron chi connectivity index (χ1n) is 7.99. The topological polar surface area (TPSA) is 84.7 Å². The summed E-state index contributed by atoms with van der Waals surface area (Å²) in [5, 5.41) is 3.00. The van der Waals surface area contributed by atoms with Gasteiger partial charge in [-0.05, 0) is 62.0 Å². The van der Waals surface area contributed by atoms with Gasteiger partial charge in [-0.15, -0.1) is 11.3 Å². The Morgan fingerprint density at radius 3 is 2.71 bits per heavy atom. The molecule has 24 heavy (non-hydrogen) atoms. The normalized spacial score (nSPS) is 18.8. The van der Waals surface area contributed by atoms with Crippen molar-refractivity contribution >= 4 is 45.0 Å². The summed E-state index contributed by atoms with van der Waals surface area (Å²) < 4.78 is 6.26. The number of carbonyl (C=O) groups is 2. The van der Waals surface area contributed by atoms with Crippen LogP contribution in [0.1, 0.15) is 49.7 Å². The maximum absolute atomic E-state index is 12.4. The summed E-state index contributed by atoms with van der Waals surface area (Å²) in [4.78, 5) is 26.9. The SMILES string of the molecule is CC(C)(C)OC(=O)N1CCCCC(NC(=O)c2sc(Br)cc2N)C1. The molecule has 134 valence electrons. The summed E-state index contributed by atoms with van der Waals surface area (Å²) in [6, 6.07) is 1.62. The Kier molecular flexibility index (Phi) is 6.14. The molecule has 2 amide bonds. The fourth-order valence-electron chi connectivity index (χ4n) is 2.55. The fourth-order valence-corrected chi connectivity index (χ4v) is 4.00. The molecule has 1 unspecified atom stereocenters. The quantitative estimate of drug-likeness (QED) is 0.769. The minimum absolute atomic E-state index is 0.104. The second kappa shape index (κ2) is 7.74. The van der Waals surface area contributed by atoms with Crippen molar-refractivity contribution in [2.24, 2.45) is 0 Å². The van der Waals surface area contributed by atoms with Crippen molar-refractivity contribution in [3.63, 3.8) is 0 Å². The predicted octanol–water partition coefficient (Wildman–Crippen LogP) is 3.61. The van der Waals surface area contributed by atoms with Gasteiger partial charge in [0, 0.05) is 19.1 Å². The average Bonchev–Trinajstić information content (AvgIpc) is 2.66. The summed E-state index contributed by atoms with van der Waals surface area (Å²) in [7, 11) is 0. The summed E-state index contributed by atoms with van der Waals surface area (Å²) in [5.41, 5.74) is 5.79. The number of nitrogens with zero attached hydrogens (tertiary/aromatic N) is 1. The first kappa shape index (κ1) is 19.1. The van der Waals surface area contributed by atoms with E-state index in [-0.39, 0.29) is 18.0 Å². The molecular formula is C16H24BrN3O3S. The van der Waals surface area contributed by atoms with Gasteiger partial charge in [0.2, 0.25) is 0 Å². The third-order valence-corrected chi connectivity index (χ3v) is 5.25. The third-order valence-electron chi connectivity index (χ3n) is 3.60. The van der Waals surface area contributed by atoms with Gasteiger partial charge in [0.15, 0.2) is 0 Å². The molecule has 8 heteroatoms. The van der Waals surface area contributed by atoms with Gasteiger partial charge < -0.3 is 20.7 Å². The molecule has 2 rings (SSSR count). The molecular weight excluding hydrogens is 394 g/mol. The van der Waals surface area contributed by atoms with Crippen LogP contribution in [0.3, 0.4) is 0 Å². The summed E-state index contributed by atoms with van der Waals surface area (Å²) in [6.45, 7) is 6.64. The number of likely N-dealkylation sites (tertiary alicyclic amines) is 1. The Labute approximate surface area is 154 Å². The van der Waals surface area contributed by atoms with E-state index in [9.17, 15) is 9.59 Å². The molecule has 6 nitrogen and oxygen atoms in total. The van der Waals surface area contributed by atoms with E-state index in [1.165, 1.54) is 11.3 Å². The molecule has 0 aromatic carbocycles. The van der Waals surface area contributed by atoms with Gasteiger partial charge in [-0.25, -0.2) is 4.79 Å². The van der Waals surface area contributed by atoms with Crippen molar-refractivity contribution in [1.29, 1.82) is 0 Å². The van der Waals surface area contributed by atoms with E-state index in [0.717, 1.165) is 23.0 Å². The Balaban J connectivity index is 2.00. The van der Waals surface area contributed by atoms with Crippen LogP contribution in [0.5, 0.6) is 0 Å². The van der Waals surface area contributed by atoms with Crippen LogP contribution < -0.4 is 11.1 Å². The first-order chi connectivity index (χ1) is 11.2. The van der Waals surface area contributed by atoms with Gasteiger partial charge in [0.1, 0.15) is 10.5 Å². The molecule has 3 N–H and O–H groups in total. The van der Waals surface area contributed by atoms with Crippen LogP contribution in [-0.4, -0.2) is 41.6 Å². The van der Waals surface area contributed by atoms with E-state index in [2.05, 4.69) is 21.2 Å². The molecule has 1 aromatic heterocycles. The van der Waals surface area contributed by atoms with E-state index in [4.69, 9.17) is 10.5 Å². The molecule has 1 fully saturated rings. The van der Waals surface area contributed by atoms with Gasteiger partial charge >= 0.3 is 6.09 Å². The first-order valence-corrected chi connectivity index (χ1v) is 9.60. The molecule has 0 bridgehead atoms. The van der Waals surface area contributed by atoms with Crippen LogP contribution in [0.4, 0.5) is 10.5 Å². The molecule has 0 spiro atoms. The fraction of sp³-hybridized carbons (Fsp3) is 0.625. The van der Waals surface area contributed by atoms with Gasteiger partial charge in [0.25, 0.3) is 5.91 Å². The minimum atomic E-state index is -0.528. The van der Waals surface area contributed by atoms with E-state index >= 15 is 0 Å². The maximum atomic E-state index is 12.4. The third kappa shape index (κ3) is 5.37. The molecule has 2 heterocycles. The number of ether oxygens (including phenoxy) is 1. The minimum Gasteiger partial charge on any atom is -0.444 e. The average molecular weight is 418 g/mol. The lowest BCUT2D eigenvalue weighted by Crippen LogP contribution is -2.46. The number of nitrogens with one attached hydrogen (secondary N) is 1. The largest absolute Gasteiger partial charge is 0.444 e. The van der Waals surface area contributed by atoms with E-state index in [1.54, 1.807) is 11.0 Å². The highest BCUT2D eigenvalue weighted by Gasteiger charge is 2.27. The standard InChI is InChI=1S/C16H24BrN3O3S/c1-16(2,3)23-15(22)20-7-5-4-6-10(9-20)19-14(21)13-11(18)8-12(17)24-13/h8,10H,4-7,9,18H2,1-3H3,(H,19,21). The van der Waals surface area contributed by atoms with Crippen molar-refractivity contribution in [3.05, 3.63) is 14.7 Å². The van der Waals surface area contributed by atoms with E-state index in [0.29, 0.717) is 23.7 Å². The number of nitrogen functional groups attached to an aromatic ring is 1. The lowest BCUT2D eigenvalue weighted by atomic mass is 10.1. The number of anilines is 1. The van der Waals surface area contributed by atoms with Crippen molar-refractivity contribution in [3.8, 4) is 0 Å². The lowest BCUT2D eigenvalue weighted by Gasteiger charge is -2.28. The zero-order valence-electron chi connectivity index (χ0n) is 14.2. The van der Waals surface area contributed by atoms with Crippen LogP contribution in [0, 0.1) is 0 Å². The number of hydrogen-bond donors (Lipinski definition) is 2. The van der Waals surface area contributed by atoms with Crippen molar-refractivity contribution in [2.45, 2.75) is 51.7 Å².